The molecular formula is C25H37NO9. The summed E-state index contributed by atoms with van der Waals surface area (Å²) in [5.74, 6) is -3.49. The lowest BCUT2D eigenvalue weighted by molar-refractivity contribution is -0.139. The maximum Gasteiger partial charge on any atom is 0.508 e. The van der Waals surface area contributed by atoms with Gasteiger partial charge in [0.05, 0.1) is 13.2 Å². The summed E-state index contributed by atoms with van der Waals surface area (Å²) in [5, 5.41) is 9.59. The lowest BCUT2D eigenvalue weighted by Crippen LogP contribution is -2.40. The molecule has 1 rings (SSSR count). The second kappa shape index (κ2) is 15.0. The zero-order chi connectivity index (χ0) is 26.5. The van der Waals surface area contributed by atoms with Crippen LogP contribution in [-0.2, 0) is 23.9 Å². The molecule has 10 nitrogen and oxygen atoms in total. The Labute approximate surface area is 206 Å². The van der Waals surface area contributed by atoms with Gasteiger partial charge in [0.1, 0.15) is 6.04 Å². The van der Waals surface area contributed by atoms with E-state index in [1.165, 1.54) is 12.1 Å². The molecule has 0 aliphatic rings. The third-order valence-corrected chi connectivity index (χ3v) is 4.99. The van der Waals surface area contributed by atoms with Crippen molar-refractivity contribution in [2.24, 2.45) is 17.6 Å². The molecule has 2 unspecified atom stereocenters. The van der Waals surface area contributed by atoms with E-state index in [0.717, 1.165) is 0 Å². The number of hydrogen-bond donors (Lipinski definition) is 2. The van der Waals surface area contributed by atoms with Gasteiger partial charge in [-0.1, -0.05) is 40.7 Å². The third kappa shape index (κ3) is 10.3. The van der Waals surface area contributed by atoms with E-state index in [1.54, 1.807) is 13.0 Å². The Morgan fingerprint density at radius 2 is 1.43 bits per heavy atom. The molecule has 0 spiro atoms. The molecule has 0 heterocycles. The zero-order valence-corrected chi connectivity index (χ0v) is 21.1. The molecule has 1 aromatic rings. The van der Waals surface area contributed by atoms with Crippen molar-refractivity contribution in [3.05, 3.63) is 23.8 Å². The van der Waals surface area contributed by atoms with Gasteiger partial charge in [-0.3, -0.25) is 14.4 Å². The zero-order valence-electron chi connectivity index (χ0n) is 21.1. The predicted molar refractivity (Wildman–Crippen MR) is 127 cm³/mol. The number of nitrogens with two attached hydrogens (primary N) is 1. The van der Waals surface area contributed by atoms with Crippen LogP contribution in [0.25, 0.3) is 0 Å². The van der Waals surface area contributed by atoms with Gasteiger partial charge < -0.3 is 29.8 Å². The van der Waals surface area contributed by atoms with E-state index in [0.29, 0.717) is 18.4 Å². The normalized spacial score (nSPS) is 13.5. The van der Waals surface area contributed by atoms with Crippen LogP contribution in [0.1, 0.15) is 71.8 Å². The van der Waals surface area contributed by atoms with Crippen molar-refractivity contribution in [1.82, 2.24) is 0 Å². The Balaban J connectivity index is 3.25. The molecule has 3 N–H and O–H groups in total. The second-order valence-electron chi connectivity index (χ2n) is 8.79. The average Bonchev–Trinajstić information content (AvgIpc) is 2.78. The number of aliphatic carboxylic acids is 1. The van der Waals surface area contributed by atoms with E-state index in [-0.39, 0.29) is 43.5 Å². The molecule has 0 aromatic heterocycles. The Kier molecular flexibility index (Phi) is 12.8. The van der Waals surface area contributed by atoms with E-state index in [1.807, 2.05) is 27.7 Å². The highest BCUT2D eigenvalue weighted by Gasteiger charge is 2.33. The SMILES string of the molecule is CCCC(=O)Oc1ccc(C(C(C)COC(=O)OCC(C)C)[C@H](N)C(=O)O)cc1OC(=O)CCC. The minimum Gasteiger partial charge on any atom is -0.480 e. The first-order valence-electron chi connectivity index (χ1n) is 11.8. The van der Waals surface area contributed by atoms with E-state index in [9.17, 15) is 24.3 Å². The van der Waals surface area contributed by atoms with Crippen molar-refractivity contribution in [1.29, 1.82) is 0 Å². The van der Waals surface area contributed by atoms with Crippen LogP contribution in [0.15, 0.2) is 18.2 Å². The number of carboxylic acids is 1. The van der Waals surface area contributed by atoms with Crippen molar-refractivity contribution in [2.75, 3.05) is 13.2 Å². The molecule has 0 saturated carbocycles. The van der Waals surface area contributed by atoms with Gasteiger partial charge in [0.2, 0.25) is 0 Å². The quantitative estimate of drug-likeness (QED) is 0.286. The maximum atomic E-state index is 12.2. The van der Waals surface area contributed by atoms with Crippen LogP contribution < -0.4 is 15.2 Å². The van der Waals surface area contributed by atoms with Crippen LogP contribution >= 0.6 is 0 Å². The fourth-order valence-corrected chi connectivity index (χ4v) is 3.27. The first-order chi connectivity index (χ1) is 16.5. The standard InChI is InChI=1S/C25H37NO9/c1-6-8-20(27)34-18-11-10-17(12-19(18)35-21(28)9-7-2)22(23(26)24(29)30)16(5)14-33-25(31)32-13-15(3)4/h10-12,15-16,22-23H,6-9,13-14,26H2,1-5H3,(H,29,30)/t16?,22?,23-/m0/s1. The van der Waals surface area contributed by atoms with Gasteiger partial charge in [0.15, 0.2) is 11.5 Å². The molecule has 0 saturated heterocycles. The second-order valence-corrected chi connectivity index (χ2v) is 8.79. The maximum absolute atomic E-state index is 12.2. The summed E-state index contributed by atoms with van der Waals surface area (Å²) >= 11 is 0. The molecule has 3 atom stereocenters. The molecule has 0 aliphatic carbocycles. The number of hydrogen-bond acceptors (Lipinski definition) is 9. The summed E-state index contributed by atoms with van der Waals surface area (Å²) in [7, 11) is 0. The number of benzene rings is 1. The van der Waals surface area contributed by atoms with Crippen molar-refractivity contribution < 1.29 is 43.2 Å². The molecule has 0 amide bonds. The fourth-order valence-electron chi connectivity index (χ4n) is 3.27. The number of carbonyl (C=O) groups excluding carboxylic acids is 3. The van der Waals surface area contributed by atoms with Crippen LogP contribution in [0, 0.1) is 11.8 Å². The highest BCUT2D eigenvalue weighted by atomic mass is 16.7. The van der Waals surface area contributed by atoms with Crippen molar-refractivity contribution in [3.63, 3.8) is 0 Å². The first-order valence-corrected chi connectivity index (χ1v) is 11.8. The number of carbonyl (C=O) groups is 4. The topological polar surface area (TPSA) is 151 Å². The molecule has 0 bridgehead atoms. The molecule has 0 radical (unpaired) electrons. The summed E-state index contributed by atoms with van der Waals surface area (Å²) in [6.45, 7) is 9.12. The molecule has 35 heavy (non-hydrogen) atoms. The van der Waals surface area contributed by atoms with Crippen molar-refractivity contribution in [2.45, 2.75) is 72.3 Å². The van der Waals surface area contributed by atoms with Crippen LogP contribution in [0.2, 0.25) is 0 Å². The lowest BCUT2D eigenvalue weighted by Gasteiger charge is -2.28. The Hall–Kier alpha value is -3.14. The summed E-state index contributed by atoms with van der Waals surface area (Å²) in [6.07, 6.45) is 0.595. The van der Waals surface area contributed by atoms with Gasteiger partial charge in [-0.15, -0.1) is 0 Å². The largest absolute Gasteiger partial charge is 0.508 e. The number of carboxylic acid groups (broad SMARTS) is 1. The smallest absolute Gasteiger partial charge is 0.480 e. The average molecular weight is 496 g/mol. The molecule has 10 heteroatoms. The summed E-state index contributed by atoms with van der Waals surface area (Å²) < 4.78 is 20.9. The van der Waals surface area contributed by atoms with Crippen molar-refractivity contribution in [3.8, 4) is 11.5 Å². The van der Waals surface area contributed by atoms with Gasteiger partial charge in [-0.2, -0.15) is 0 Å². The summed E-state index contributed by atoms with van der Waals surface area (Å²) in [6, 6.07) is 3.06. The van der Waals surface area contributed by atoms with E-state index >= 15 is 0 Å². The van der Waals surface area contributed by atoms with Gasteiger partial charge in [-0.05, 0) is 42.4 Å². The number of ether oxygens (including phenoxy) is 4. The fraction of sp³-hybridized carbons (Fsp3) is 0.600. The highest BCUT2D eigenvalue weighted by molar-refractivity contribution is 5.77. The van der Waals surface area contributed by atoms with E-state index in [4.69, 9.17) is 24.7 Å². The third-order valence-electron chi connectivity index (χ3n) is 4.99. The molecule has 0 aliphatic heterocycles. The Morgan fingerprint density at radius 3 is 1.94 bits per heavy atom. The van der Waals surface area contributed by atoms with Gasteiger partial charge >= 0.3 is 24.1 Å². The number of esters is 2. The monoisotopic (exact) mass is 495 g/mol. The molecule has 0 fully saturated rings. The molecule has 196 valence electrons. The van der Waals surface area contributed by atoms with Crippen LogP contribution in [0.4, 0.5) is 4.79 Å². The van der Waals surface area contributed by atoms with Crippen LogP contribution in [-0.4, -0.2) is 48.4 Å². The lowest BCUT2D eigenvalue weighted by atomic mass is 9.82. The highest BCUT2D eigenvalue weighted by Crippen LogP contribution is 2.36. The minimum absolute atomic E-state index is 0.0162. The van der Waals surface area contributed by atoms with Crippen LogP contribution in [0.3, 0.4) is 0 Å². The summed E-state index contributed by atoms with van der Waals surface area (Å²) in [5.41, 5.74) is 6.41. The molecule has 1 aromatic carbocycles. The van der Waals surface area contributed by atoms with Crippen molar-refractivity contribution >= 4 is 24.1 Å². The van der Waals surface area contributed by atoms with E-state index in [2.05, 4.69) is 0 Å². The number of rotatable bonds is 14. The first kappa shape index (κ1) is 29.9. The van der Waals surface area contributed by atoms with Gasteiger partial charge in [0.25, 0.3) is 0 Å². The molecular weight excluding hydrogens is 458 g/mol. The van der Waals surface area contributed by atoms with Crippen LogP contribution in [0.5, 0.6) is 11.5 Å². The van der Waals surface area contributed by atoms with Gasteiger partial charge in [0, 0.05) is 18.8 Å². The Bertz CT molecular complexity index is 868. The van der Waals surface area contributed by atoms with Gasteiger partial charge in [-0.25, -0.2) is 4.79 Å². The summed E-state index contributed by atoms with van der Waals surface area (Å²) in [4.78, 5) is 47.8. The van der Waals surface area contributed by atoms with E-state index < -0.39 is 41.9 Å². The minimum atomic E-state index is -1.35. The predicted octanol–water partition coefficient (Wildman–Crippen LogP) is 4.04. The Morgan fingerprint density at radius 1 is 0.886 bits per heavy atom.